The summed E-state index contributed by atoms with van der Waals surface area (Å²) in [4.78, 5) is 26.2. The van der Waals surface area contributed by atoms with Gasteiger partial charge in [-0.15, -0.1) is 10.2 Å². The van der Waals surface area contributed by atoms with Crippen LogP contribution in [0.1, 0.15) is 75.4 Å². The average Bonchev–Trinajstić information content (AvgIpc) is 3.55. The second kappa shape index (κ2) is 11.2. The zero-order valence-electron chi connectivity index (χ0n) is 22.2. The smallest absolute Gasteiger partial charge is 0.307 e. The molecule has 3 heterocycles. The molecule has 0 saturated heterocycles. The first-order valence-corrected chi connectivity index (χ1v) is 13.4. The fraction of sp³-hybridized carbons (Fsp3) is 0.414. The number of fused-ring (bicyclic) bond motifs is 1. The first-order chi connectivity index (χ1) is 18.5. The zero-order chi connectivity index (χ0) is 26.6. The van der Waals surface area contributed by atoms with Gasteiger partial charge in [-0.25, -0.2) is 4.68 Å². The highest BCUT2D eigenvalue weighted by molar-refractivity contribution is 5.80. The van der Waals surface area contributed by atoms with Crippen LogP contribution < -0.4 is 5.56 Å². The van der Waals surface area contributed by atoms with Crippen molar-refractivity contribution >= 4 is 5.97 Å². The molecule has 4 aromatic rings. The number of carbonyl (C=O) groups excluding carboxylic acids is 1. The molecule has 0 amide bonds. The molecule has 1 N–H and O–H groups in total. The van der Waals surface area contributed by atoms with E-state index in [0.29, 0.717) is 18.9 Å². The largest absolute Gasteiger partial charge is 0.466 e. The zero-order valence-corrected chi connectivity index (χ0v) is 22.2. The minimum atomic E-state index is -0.248. The van der Waals surface area contributed by atoms with Crippen molar-refractivity contribution in [1.29, 1.82) is 0 Å². The summed E-state index contributed by atoms with van der Waals surface area (Å²) in [5.74, 6) is 0.301. The molecule has 9 nitrogen and oxygen atoms in total. The van der Waals surface area contributed by atoms with Gasteiger partial charge in [0.25, 0.3) is 5.56 Å². The van der Waals surface area contributed by atoms with Gasteiger partial charge in [-0.3, -0.25) is 14.3 Å². The van der Waals surface area contributed by atoms with Gasteiger partial charge in [0, 0.05) is 29.3 Å². The first-order valence-electron chi connectivity index (χ1n) is 13.4. The summed E-state index contributed by atoms with van der Waals surface area (Å²) >= 11 is 0. The maximum absolute atomic E-state index is 13.8. The molecule has 9 heteroatoms. The molecule has 2 unspecified atom stereocenters. The number of H-pyrrole nitrogens is 1. The lowest BCUT2D eigenvalue weighted by Crippen LogP contribution is -2.35. The molecule has 0 saturated carbocycles. The Morgan fingerprint density at radius 3 is 2.50 bits per heavy atom. The Balaban J connectivity index is 1.48. The standard InChI is InChI=1S/C29H34N6O3/c1-4-8-26-25(29(37)35-22(18-27(36)38-5-2)16-11-19(3)34(26)35)17-20-12-14-21(15-13-20)23-9-6-7-10-24(23)28-30-32-33-31-28/h6-7,9-10,12-15,19,22H,4-5,8,11,16-18H2,1-3H3,(H,30,31,32,33). The van der Waals surface area contributed by atoms with Gasteiger partial charge >= 0.3 is 5.97 Å². The van der Waals surface area contributed by atoms with Gasteiger partial charge in [-0.2, -0.15) is 5.21 Å². The molecule has 0 radical (unpaired) electrons. The van der Waals surface area contributed by atoms with Gasteiger partial charge in [0.15, 0.2) is 0 Å². The maximum Gasteiger partial charge on any atom is 0.307 e. The van der Waals surface area contributed by atoms with Crippen LogP contribution in [0.15, 0.2) is 53.3 Å². The lowest BCUT2D eigenvalue weighted by atomic mass is 9.96. The first kappa shape index (κ1) is 25.6. The van der Waals surface area contributed by atoms with Gasteiger partial charge in [0.2, 0.25) is 5.82 Å². The molecule has 0 spiro atoms. The van der Waals surface area contributed by atoms with Crippen LogP contribution in [0.25, 0.3) is 22.5 Å². The van der Waals surface area contributed by atoms with Crippen molar-refractivity contribution in [2.45, 2.75) is 71.4 Å². The van der Waals surface area contributed by atoms with Gasteiger partial charge in [-0.1, -0.05) is 61.9 Å². The van der Waals surface area contributed by atoms with Crippen LogP contribution in [-0.4, -0.2) is 42.6 Å². The summed E-state index contributed by atoms with van der Waals surface area (Å²) in [6, 6.07) is 16.3. The quantitative estimate of drug-likeness (QED) is 0.319. The third kappa shape index (κ3) is 4.92. The van der Waals surface area contributed by atoms with Crippen LogP contribution >= 0.6 is 0 Å². The second-order valence-electron chi connectivity index (χ2n) is 9.91. The van der Waals surface area contributed by atoms with E-state index in [0.717, 1.165) is 59.2 Å². The number of aromatic amines is 1. The molecule has 2 atom stereocenters. The van der Waals surface area contributed by atoms with E-state index in [2.05, 4.69) is 63.4 Å². The SMILES string of the molecule is CCCc1c(Cc2ccc(-c3ccccc3-c3nn[nH]n3)cc2)c(=O)n2n1C(C)CCC2CC(=O)OCC. The molecule has 5 rings (SSSR count). The summed E-state index contributed by atoms with van der Waals surface area (Å²) < 4.78 is 9.23. The Hall–Kier alpha value is -4.01. The second-order valence-corrected chi connectivity index (χ2v) is 9.91. The molecule has 38 heavy (non-hydrogen) atoms. The highest BCUT2D eigenvalue weighted by Crippen LogP contribution is 2.33. The number of nitrogens with one attached hydrogen (secondary N) is 1. The fourth-order valence-corrected chi connectivity index (χ4v) is 5.62. The molecule has 198 valence electrons. The van der Waals surface area contributed by atoms with Crippen molar-refractivity contribution in [3.8, 4) is 22.5 Å². The third-order valence-electron chi connectivity index (χ3n) is 7.36. The van der Waals surface area contributed by atoms with E-state index >= 15 is 0 Å². The van der Waals surface area contributed by atoms with Crippen LogP contribution in [0.2, 0.25) is 0 Å². The number of hydrogen-bond acceptors (Lipinski definition) is 6. The number of ether oxygens (including phenoxy) is 1. The summed E-state index contributed by atoms with van der Waals surface area (Å²) in [6.45, 7) is 6.45. The van der Waals surface area contributed by atoms with E-state index in [9.17, 15) is 9.59 Å². The van der Waals surface area contributed by atoms with Gasteiger partial charge in [0.1, 0.15) is 0 Å². The van der Waals surface area contributed by atoms with Crippen LogP contribution in [0.4, 0.5) is 0 Å². The van der Waals surface area contributed by atoms with E-state index in [1.165, 1.54) is 0 Å². The summed E-state index contributed by atoms with van der Waals surface area (Å²) in [7, 11) is 0. The Morgan fingerprint density at radius 2 is 1.82 bits per heavy atom. The van der Waals surface area contributed by atoms with Crippen LogP contribution in [0.5, 0.6) is 0 Å². The number of carbonyl (C=O) groups is 1. The highest BCUT2D eigenvalue weighted by atomic mass is 16.5. The minimum Gasteiger partial charge on any atom is -0.466 e. The Labute approximate surface area is 221 Å². The number of nitrogens with zero attached hydrogens (tertiary/aromatic N) is 5. The Kier molecular flexibility index (Phi) is 7.53. The van der Waals surface area contributed by atoms with E-state index in [1.54, 1.807) is 0 Å². The number of rotatable bonds is 9. The van der Waals surface area contributed by atoms with Crippen molar-refractivity contribution in [3.05, 3.63) is 75.7 Å². The molecular formula is C29H34N6O3. The fourth-order valence-electron chi connectivity index (χ4n) is 5.62. The van der Waals surface area contributed by atoms with Gasteiger partial charge in [-0.05, 0) is 55.0 Å². The van der Waals surface area contributed by atoms with E-state index < -0.39 is 0 Å². The van der Waals surface area contributed by atoms with Crippen molar-refractivity contribution in [1.82, 2.24) is 30.0 Å². The molecule has 1 aliphatic heterocycles. The van der Waals surface area contributed by atoms with Crippen molar-refractivity contribution in [2.24, 2.45) is 0 Å². The van der Waals surface area contributed by atoms with Crippen LogP contribution in [-0.2, 0) is 22.4 Å². The van der Waals surface area contributed by atoms with Crippen molar-refractivity contribution in [3.63, 3.8) is 0 Å². The minimum absolute atomic E-state index is 0.0147. The maximum atomic E-state index is 13.8. The molecule has 2 aromatic carbocycles. The number of benzene rings is 2. The van der Waals surface area contributed by atoms with Gasteiger partial charge < -0.3 is 4.74 Å². The Morgan fingerprint density at radius 1 is 1.05 bits per heavy atom. The lowest BCUT2D eigenvalue weighted by molar-refractivity contribution is -0.144. The van der Waals surface area contributed by atoms with Crippen LogP contribution in [0.3, 0.4) is 0 Å². The predicted molar refractivity (Wildman–Crippen MR) is 145 cm³/mol. The summed E-state index contributed by atoms with van der Waals surface area (Å²) in [5, 5.41) is 14.5. The van der Waals surface area contributed by atoms with E-state index in [-0.39, 0.29) is 30.0 Å². The monoisotopic (exact) mass is 514 g/mol. The molecule has 2 aromatic heterocycles. The molecule has 0 bridgehead atoms. The van der Waals surface area contributed by atoms with Crippen molar-refractivity contribution < 1.29 is 9.53 Å². The molecule has 0 fully saturated rings. The van der Waals surface area contributed by atoms with Crippen LogP contribution in [0, 0.1) is 0 Å². The van der Waals surface area contributed by atoms with Crippen molar-refractivity contribution in [2.75, 3.05) is 6.61 Å². The number of aromatic nitrogens is 6. The molecule has 0 aliphatic carbocycles. The number of hydrogen-bond donors (Lipinski definition) is 1. The Bertz CT molecular complexity index is 1450. The summed E-state index contributed by atoms with van der Waals surface area (Å²) in [6.07, 6.45) is 4.27. The molecular weight excluding hydrogens is 480 g/mol. The molecule has 1 aliphatic rings. The van der Waals surface area contributed by atoms with E-state index in [4.69, 9.17) is 4.74 Å². The third-order valence-corrected chi connectivity index (χ3v) is 7.36. The number of tetrazole rings is 1. The summed E-state index contributed by atoms with van der Waals surface area (Å²) in [5.41, 5.74) is 5.96. The number of esters is 1. The van der Waals surface area contributed by atoms with Gasteiger partial charge in [0.05, 0.1) is 19.1 Å². The average molecular weight is 515 g/mol. The predicted octanol–water partition coefficient (Wildman–Crippen LogP) is 4.89. The van der Waals surface area contributed by atoms with E-state index in [1.807, 2.05) is 35.9 Å². The topological polar surface area (TPSA) is 108 Å². The normalized spacial score (nSPS) is 16.8. The lowest BCUT2D eigenvalue weighted by Gasteiger charge is -2.32. The highest BCUT2D eigenvalue weighted by Gasteiger charge is 2.32.